The zero-order chi connectivity index (χ0) is 14.9. The number of carbonyl (C=O) groups excluding carboxylic acids is 1. The van der Waals surface area contributed by atoms with E-state index in [1.165, 1.54) is 10.9 Å². The number of urea groups is 1. The number of aliphatic carboxylic acids is 1. The van der Waals surface area contributed by atoms with Gasteiger partial charge in [-0.2, -0.15) is 5.10 Å². The zero-order valence-electron chi connectivity index (χ0n) is 11.9. The molecule has 2 atom stereocenters. The van der Waals surface area contributed by atoms with E-state index in [2.05, 4.69) is 10.4 Å². The number of hydrogen-bond donors (Lipinski definition) is 2. The van der Waals surface area contributed by atoms with Crippen LogP contribution < -0.4 is 5.32 Å². The lowest BCUT2D eigenvalue weighted by molar-refractivity contribution is -0.139. The lowest BCUT2D eigenvalue weighted by Crippen LogP contribution is -2.46. The van der Waals surface area contributed by atoms with Crippen LogP contribution in [0.4, 0.5) is 4.79 Å². The minimum absolute atomic E-state index is 0.123. The van der Waals surface area contributed by atoms with Gasteiger partial charge in [-0.05, 0) is 25.7 Å². The molecule has 0 aliphatic heterocycles. The molecule has 0 bridgehead atoms. The molecule has 2 rings (SSSR count). The monoisotopic (exact) mass is 280 g/mol. The number of carbonyl (C=O) groups is 2. The summed E-state index contributed by atoms with van der Waals surface area (Å²) < 4.78 is 1.51. The maximum atomic E-state index is 12.1. The van der Waals surface area contributed by atoms with Crippen LogP contribution in [0.2, 0.25) is 0 Å². The molecule has 0 radical (unpaired) electrons. The normalized spacial score (nSPS) is 17.4. The molecule has 1 fully saturated rings. The minimum Gasteiger partial charge on any atom is -0.479 e. The topological polar surface area (TPSA) is 87.5 Å². The predicted molar refractivity (Wildman–Crippen MR) is 72.1 cm³/mol. The smallest absolute Gasteiger partial charge is 0.331 e. The molecule has 0 saturated heterocycles. The van der Waals surface area contributed by atoms with E-state index in [1.54, 1.807) is 25.2 Å². The van der Waals surface area contributed by atoms with Crippen molar-refractivity contribution in [1.29, 1.82) is 0 Å². The first-order valence-corrected chi connectivity index (χ1v) is 6.65. The number of rotatable bonds is 5. The summed E-state index contributed by atoms with van der Waals surface area (Å²) in [5.41, 5.74) is 0.459. The van der Waals surface area contributed by atoms with Gasteiger partial charge in [-0.3, -0.25) is 4.68 Å². The van der Waals surface area contributed by atoms with E-state index in [9.17, 15) is 14.7 Å². The van der Waals surface area contributed by atoms with Gasteiger partial charge in [0.25, 0.3) is 0 Å². The average molecular weight is 280 g/mol. The van der Waals surface area contributed by atoms with Gasteiger partial charge in [-0.15, -0.1) is 0 Å². The minimum atomic E-state index is -1.10. The Hall–Kier alpha value is -2.05. The maximum absolute atomic E-state index is 12.1. The van der Waals surface area contributed by atoms with Crippen molar-refractivity contribution in [3.63, 3.8) is 0 Å². The summed E-state index contributed by atoms with van der Waals surface area (Å²) in [6, 6.07) is -1.33. The fourth-order valence-electron chi connectivity index (χ4n) is 2.18. The average Bonchev–Trinajstić information content (AvgIpc) is 3.16. The van der Waals surface area contributed by atoms with Crippen molar-refractivity contribution in [2.75, 3.05) is 7.05 Å². The van der Waals surface area contributed by atoms with Gasteiger partial charge in [0.1, 0.15) is 0 Å². The molecular formula is C13H20N4O3. The van der Waals surface area contributed by atoms with Crippen LogP contribution in [0.25, 0.3) is 0 Å². The maximum Gasteiger partial charge on any atom is 0.331 e. The highest BCUT2D eigenvalue weighted by atomic mass is 16.4. The van der Waals surface area contributed by atoms with E-state index in [0.717, 1.165) is 12.8 Å². The molecular weight excluding hydrogens is 260 g/mol. The van der Waals surface area contributed by atoms with Crippen LogP contribution in [-0.2, 0) is 11.8 Å². The van der Waals surface area contributed by atoms with Gasteiger partial charge in [-0.1, -0.05) is 0 Å². The van der Waals surface area contributed by atoms with Crippen LogP contribution in [0.5, 0.6) is 0 Å². The predicted octanol–water partition coefficient (Wildman–Crippen LogP) is 0.986. The SMILES string of the molecule is CC(C1CC1)N(C)C(=O)NC(C(=O)O)c1cnn(C)c1. The summed E-state index contributed by atoms with van der Waals surface area (Å²) in [5.74, 6) is -0.564. The van der Waals surface area contributed by atoms with Gasteiger partial charge < -0.3 is 15.3 Å². The van der Waals surface area contributed by atoms with Crippen molar-refractivity contribution < 1.29 is 14.7 Å². The van der Waals surface area contributed by atoms with E-state index >= 15 is 0 Å². The number of nitrogens with one attached hydrogen (secondary N) is 1. The van der Waals surface area contributed by atoms with Crippen LogP contribution in [0.3, 0.4) is 0 Å². The molecule has 2 N–H and O–H groups in total. The molecule has 1 heterocycles. The molecule has 1 aromatic heterocycles. The molecule has 0 aromatic carbocycles. The van der Waals surface area contributed by atoms with E-state index in [0.29, 0.717) is 11.5 Å². The van der Waals surface area contributed by atoms with Crippen LogP contribution in [0.15, 0.2) is 12.4 Å². The van der Waals surface area contributed by atoms with Gasteiger partial charge in [-0.25, -0.2) is 9.59 Å². The van der Waals surface area contributed by atoms with Crippen molar-refractivity contribution in [2.45, 2.75) is 31.8 Å². The fraction of sp³-hybridized carbons (Fsp3) is 0.615. The number of nitrogens with zero attached hydrogens (tertiary/aromatic N) is 3. The van der Waals surface area contributed by atoms with E-state index < -0.39 is 12.0 Å². The quantitative estimate of drug-likeness (QED) is 0.842. The summed E-state index contributed by atoms with van der Waals surface area (Å²) in [6.45, 7) is 1.98. The second kappa shape index (κ2) is 5.52. The fourth-order valence-corrected chi connectivity index (χ4v) is 2.18. The van der Waals surface area contributed by atoms with Crippen LogP contribution in [0.1, 0.15) is 31.4 Å². The molecule has 1 aromatic rings. The summed E-state index contributed by atoms with van der Waals surface area (Å²) in [7, 11) is 3.39. The Morgan fingerprint density at radius 1 is 1.55 bits per heavy atom. The molecule has 7 nitrogen and oxygen atoms in total. The van der Waals surface area contributed by atoms with E-state index in [-0.39, 0.29) is 12.1 Å². The molecule has 1 saturated carbocycles. The number of carboxylic acids is 1. The standard InChI is InChI=1S/C13H20N4O3/c1-8(9-4-5-9)17(3)13(20)15-11(12(18)19)10-6-14-16(2)7-10/h6-9,11H,4-5H2,1-3H3,(H,15,20)(H,18,19). The number of amides is 2. The summed E-state index contributed by atoms with van der Waals surface area (Å²) in [4.78, 5) is 25.0. The molecule has 110 valence electrons. The molecule has 20 heavy (non-hydrogen) atoms. The first-order chi connectivity index (χ1) is 9.40. The molecule has 1 aliphatic carbocycles. The molecule has 2 unspecified atom stereocenters. The molecule has 0 spiro atoms. The summed E-state index contributed by atoms with van der Waals surface area (Å²) >= 11 is 0. The zero-order valence-corrected chi connectivity index (χ0v) is 11.9. The second-order valence-electron chi connectivity index (χ2n) is 5.36. The Labute approximate surface area is 117 Å². The third kappa shape index (κ3) is 3.09. The van der Waals surface area contributed by atoms with Crippen molar-refractivity contribution in [3.8, 4) is 0 Å². The van der Waals surface area contributed by atoms with Crippen LogP contribution >= 0.6 is 0 Å². The first kappa shape index (κ1) is 14.4. The van der Waals surface area contributed by atoms with Gasteiger partial charge >= 0.3 is 12.0 Å². The molecule has 1 aliphatic rings. The highest BCUT2D eigenvalue weighted by Crippen LogP contribution is 2.34. The van der Waals surface area contributed by atoms with Crippen LogP contribution in [-0.4, -0.2) is 44.9 Å². The van der Waals surface area contributed by atoms with Crippen molar-refractivity contribution in [2.24, 2.45) is 13.0 Å². The van der Waals surface area contributed by atoms with E-state index in [1.807, 2.05) is 6.92 Å². The number of aromatic nitrogens is 2. The Morgan fingerprint density at radius 3 is 2.65 bits per heavy atom. The van der Waals surface area contributed by atoms with Gasteiger partial charge in [0.2, 0.25) is 0 Å². The highest BCUT2D eigenvalue weighted by molar-refractivity contribution is 5.83. The molecule has 7 heteroatoms. The van der Waals surface area contributed by atoms with Gasteiger partial charge in [0.05, 0.1) is 6.20 Å². The third-order valence-electron chi connectivity index (χ3n) is 3.81. The van der Waals surface area contributed by atoms with Gasteiger partial charge in [0, 0.05) is 31.9 Å². The summed E-state index contributed by atoms with van der Waals surface area (Å²) in [6.07, 6.45) is 5.29. The lowest BCUT2D eigenvalue weighted by Gasteiger charge is -2.26. The van der Waals surface area contributed by atoms with Crippen molar-refractivity contribution in [3.05, 3.63) is 18.0 Å². The van der Waals surface area contributed by atoms with Crippen molar-refractivity contribution in [1.82, 2.24) is 20.0 Å². The van der Waals surface area contributed by atoms with Crippen molar-refractivity contribution >= 4 is 12.0 Å². The highest BCUT2D eigenvalue weighted by Gasteiger charge is 2.34. The Morgan fingerprint density at radius 2 is 2.20 bits per heavy atom. The number of hydrogen-bond acceptors (Lipinski definition) is 3. The van der Waals surface area contributed by atoms with Crippen LogP contribution in [0, 0.1) is 5.92 Å². The second-order valence-corrected chi connectivity index (χ2v) is 5.36. The lowest BCUT2D eigenvalue weighted by atomic mass is 10.1. The Bertz CT molecular complexity index is 509. The van der Waals surface area contributed by atoms with E-state index in [4.69, 9.17) is 0 Å². The van der Waals surface area contributed by atoms with Gasteiger partial charge in [0.15, 0.2) is 6.04 Å². The number of carboxylic acid groups (broad SMARTS) is 1. The third-order valence-corrected chi connectivity index (χ3v) is 3.81. The molecule has 2 amide bonds. The first-order valence-electron chi connectivity index (χ1n) is 6.65. The largest absolute Gasteiger partial charge is 0.479 e. The number of aryl methyl sites for hydroxylation is 1. The Balaban J connectivity index is 2.04. The summed E-state index contributed by atoms with van der Waals surface area (Å²) in [5, 5.41) is 15.7. The Kier molecular flexibility index (Phi) is 3.96.